The number of carbonyl (C=O) groups excluding carboxylic acids is 2. The molecule has 1 aliphatic rings. The first-order valence-corrected chi connectivity index (χ1v) is 9.44. The Morgan fingerprint density at radius 2 is 1.67 bits per heavy atom. The minimum Gasteiger partial charge on any atom is -0.507 e. The number of pyridine rings is 1. The van der Waals surface area contributed by atoms with E-state index in [9.17, 15) is 14.7 Å². The molecule has 0 radical (unpaired) electrons. The number of amides is 1. The molecule has 1 amide bonds. The highest BCUT2D eigenvalue weighted by molar-refractivity contribution is 6.51. The number of Topliss-reactive ketones (excluding diaryl/α,β-unsaturated/α-hetero) is 1. The molecule has 1 atom stereocenters. The van der Waals surface area contributed by atoms with Crippen molar-refractivity contribution in [3.05, 3.63) is 95.3 Å². The van der Waals surface area contributed by atoms with Gasteiger partial charge in [-0.15, -0.1) is 0 Å². The Balaban J connectivity index is 1.96. The van der Waals surface area contributed by atoms with Crippen LogP contribution in [0.1, 0.15) is 22.7 Å². The molecule has 3 aromatic rings. The highest BCUT2D eigenvalue weighted by atomic mass is 16.5. The lowest BCUT2D eigenvalue weighted by atomic mass is 9.95. The molecule has 1 saturated heterocycles. The van der Waals surface area contributed by atoms with Crippen molar-refractivity contribution in [3.63, 3.8) is 0 Å². The molecule has 2 heterocycles. The number of para-hydroxylation sites is 2. The van der Waals surface area contributed by atoms with E-state index < -0.39 is 17.7 Å². The van der Waals surface area contributed by atoms with Crippen molar-refractivity contribution in [2.75, 3.05) is 12.0 Å². The molecular formula is C24H20N2O4. The van der Waals surface area contributed by atoms with Gasteiger partial charge in [-0.05, 0) is 36.8 Å². The van der Waals surface area contributed by atoms with Crippen LogP contribution in [-0.4, -0.2) is 28.9 Å². The van der Waals surface area contributed by atoms with Crippen LogP contribution < -0.4 is 9.64 Å². The standard InChI is InChI=1S/C24H20N2O4/c1-15-7-9-17(10-8-15)22(27)20-21(16-11-13-25-14-12-16)26(24(29)23(20)28)18-5-3-4-6-19(18)30-2/h3-14,21,27H,1-2H3/b22-20+. The van der Waals surface area contributed by atoms with E-state index in [0.717, 1.165) is 5.56 Å². The number of methoxy groups -OCH3 is 1. The van der Waals surface area contributed by atoms with Gasteiger partial charge >= 0.3 is 0 Å². The first kappa shape index (κ1) is 19.4. The summed E-state index contributed by atoms with van der Waals surface area (Å²) in [5.74, 6) is -1.24. The lowest BCUT2D eigenvalue weighted by Gasteiger charge is -2.26. The van der Waals surface area contributed by atoms with Crippen molar-refractivity contribution in [2.45, 2.75) is 13.0 Å². The second kappa shape index (κ2) is 7.83. The maximum atomic E-state index is 13.1. The summed E-state index contributed by atoms with van der Waals surface area (Å²) < 4.78 is 5.42. The number of rotatable bonds is 4. The normalized spacial score (nSPS) is 17.9. The molecule has 150 valence electrons. The van der Waals surface area contributed by atoms with Crippen LogP contribution >= 0.6 is 0 Å². The first-order valence-electron chi connectivity index (χ1n) is 9.44. The number of hydrogen-bond acceptors (Lipinski definition) is 5. The second-order valence-electron chi connectivity index (χ2n) is 6.99. The number of hydrogen-bond donors (Lipinski definition) is 1. The van der Waals surface area contributed by atoms with Gasteiger partial charge in [0.1, 0.15) is 11.5 Å². The average Bonchev–Trinajstić information content (AvgIpc) is 3.05. The largest absolute Gasteiger partial charge is 0.507 e. The number of anilines is 1. The van der Waals surface area contributed by atoms with Crippen molar-refractivity contribution < 1.29 is 19.4 Å². The Morgan fingerprint density at radius 1 is 1.00 bits per heavy atom. The molecule has 30 heavy (non-hydrogen) atoms. The number of benzene rings is 2. The molecular weight excluding hydrogens is 380 g/mol. The van der Waals surface area contributed by atoms with Crippen LogP contribution in [0.2, 0.25) is 0 Å². The molecule has 6 nitrogen and oxygen atoms in total. The lowest BCUT2D eigenvalue weighted by Crippen LogP contribution is -2.29. The van der Waals surface area contributed by atoms with Crippen molar-refractivity contribution in [1.29, 1.82) is 0 Å². The maximum absolute atomic E-state index is 13.1. The average molecular weight is 400 g/mol. The zero-order valence-electron chi connectivity index (χ0n) is 16.6. The van der Waals surface area contributed by atoms with E-state index in [1.807, 2.05) is 19.1 Å². The molecule has 0 saturated carbocycles. The summed E-state index contributed by atoms with van der Waals surface area (Å²) in [4.78, 5) is 31.6. The number of aryl methyl sites for hydroxylation is 1. The van der Waals surface area contributed by atoms with E-state index in [0.29, 0.717) is 22.6 Å². The second-order valence-corrected chi connectivity index (χ2v) is 6.99. The van der Waals surface area contributed by atoms with Crippen LogP contribution in [0.5, 0.6) is 5.75 Å². The number of aromatic nitrogens is 1. The number of carbonyl (C=O) groups is 2. The molecule has 1 aromatic heterocycles. The Hall–Kier alpha value is -3.93. The van der Waals surface area contributed by atoms with Crippen molar-refractivity contribution in [2.24, 2.45) is 0 Å². The minimum atomic E-state index is -0.814. The van der Waals surface area contributed by atoms with Gasteiger partial charge in [-0.2, -0.15) is 0 Å². The van der Waals surface area contributed by atoms with Gasteiger partial charge in [0.2, 0.25) is 0 Å². The van der Waals surface area contributed by atoms with Crippen LogP contribution in [0.15, 0.2) is 78.6 Å². The zero-order valence-corrected chi connectivity index (χ0v) is 16.6. The summed E-state index contributed by atoms with van der Waals surface area (Å²) in [6, 6.07) is 16.7. The summed E-state index contributed by atoms with van der Waals surface area (Å²) in [6.07, 6.45) is 3.17. The van der Waals surface area contributed by atoms with E-state index in [1.165, 1.54) is 12.0 Å². The van der Waals surface area contributed by atoms with Crippen LogP contribution in [0.3, 0.4) is 0 Å². The number of ether oxygens (including phenoxy) is 1. The van der Waals surface area contributed by atoms with E-state index >= 15 is 0 Å². The van der Waals surface area contributed by atoms with Gasteiger partial charge in [0.25, 0.3) is 11.7 Å². The van der Waals surface area contributed by atoms with Gasteiger partial charge < -0.3 is 9.84 Å². The van der Waals surface area contributed by atoms with Gasteiger partial charge in [0, 0.05) is 18.0 Å². The van der Waals surface area contributed by atoms with E-state index in [4.69, 9.17) is 4.74 Å². The van der Waals surface area contributed by atoms with E-state index in [-0.39, 0.29) is 11.3 Å². The molecule has 1 N–H and O–H groups in total. The van der Waals surface area contributed by atoms with E-state index in [1.54, 1.807) is 60.9 Å². The first-order chi connectivity index (χ1) is 14.5. The maximum Gasteiger partial charge on any atom is 0.300 e. The molecule has 0 bridgehead atoms. The molecule has 1 fully saturated rings. The van der Waals surface area contributed by atoms with Crippen molar-refractivity contribution in [1.82, 2.24) is 4.98 Å². The molecule has 0 aliphatic carbocycles. The summed E-state index contributed by atoms with van der Waals surface area (Å²) in [7, 11) is 1.50. The molecule has 1 unspecified atom stereocenters. The molecule has 4 rings (SSSR count). The summed E-state index contributed by atoms with van der Waals surface area (Å²) in [5, 5.41) is 11.1. The third-order valence-corrected chi connectivity index (χ3v) is 5.14. The van der Waals surface area contributed by atoms with Gasteiger partial charge in [0.05, 0.1) is 24.4 Å². The van der Waals surface area contributed by atoms with Crippen LogP contribution in [0.4, 0.5) is 5.69 Å². The SMILES string of the molecule is COc1ccccc1N1C(=O)C(=O)/C(=C(/O)c2ccc(C)cc2)C1c1ccncc1. The monoisotopic (exact) mass is 400 g/mol. The number of ketones is 1. The summed E-state index contributed by atoms with van der Waals surface area (Å²) in [6.45, 7) is 1.93. The van der Waals surface area contributed by atoms with Crippen molar-refractivity contribution >= 4 is 23.1 Å². The third-order valence-electron chi connectivity index (χ3n) is 5.14. The summed E-state index contributed by atoms with van der Waals surface area (Å²) in [5.41, 5.74) is 2.63. The Kier molecular flexibility index (Phi) is 5.06. The molecule has 2 aromatic carbocycles. The van der Waals surface area contributed by atoms with Gasteiger partial charge in [0.15, 0.2) is 0 Å². The summed E-state index contributed by atoms with van der Waals surface area (Å²) >= 11 is 0. The predicted octanol–water partition coefficient (Wildman–Crippen LogP) is 4.02. The van der Waals surface area contributed by atoms with Gasteiger partial charge in [-0.25, -0.2) is 0 Å². The van der Waals surface area contributed by atoms with Crippen LogP contribution in [0.25, 0.3) is 5.76 Å². The molecule has 1 aliphatic heterocycles. The fourth-order valence-electron chi connectivity index (χ4n) is 3.64. The Labute approximate surface area is 174 Å². The number of aliphatic hydroxyl groups excluding tert-OH is 1. The lowest BCUT2D eigenvalue weighted by molar-refractivity contribution is -0.132. The third kappa shape index (κ3) is 3.22. The predicted molar refractivity (Wildman–Crippen MR) is 113 cm³/mol. The van der Waals surface area contributed by atoms with Crippen LogP contribution in [-0.2, 0) is 9.59 Å². The highest BCUT2D eigenvalue weighted by Crippen LogP contribution is 2.44. The van der Waals surface area contributed by atoms with Crippen LogP contribution in [0, 0.1) is 6.92 Å². The van der Waals surface area contributed by atoms with Gasteiger partial charge in [-0.3, -0.25) is 19.5 Å². The fourth-order valence-corrected chi connectivity index (χ4v) is 3.64. The Bertz CT molecular complexity index is 1140. The number of aliphatic hydroxyl groups is 1. The molecule has 0 spiro atoms. The molecule has 6 heteroatoms. The van der Waals surface area contributed by atoms with Crippen molar-refractivity contribution in [3.8, 4) is 5.75 Å². The zero-order chi connectivity index (χ0) is 21.3. The Morgan fingerprint density at radius 3 is 2.33 bits per heavy atom. The minimum absolute atomic E-state index is 0.0287. The quantitative estimate of drug-likeness (QED) is 0.406. The van der Waals surface area contributed by atoms with Gasteiger partial charge in [-0.1, -0.05) is 42.0 Å². The smallest absolute Gasteiger partial charge is 0.300 e. The fraction of sp³-hybridized carbons (Fsp3) is 0.125. The highest BCUT2D eigenvalue weighted by Gasteiger charge is 2.47. The topological polar surface area (TPSA) is 79.7 Å². The number of nitrogens with zero attached hydrogens (tertiary/aromatic N) is 2. The van der Waals surface area contributed by atoms with E-state index in [2.05, 4.69) is 4.98 Å².